The van der Waals surface area contributed by atoms with E-state index in [-0.39, 0.29) is 6.61 Å². The first-order valence-electron chi connectivity index (χ1n) is 10.3. The van der Waals surface area contributed by atoms with Gasteiger partial charge in [0.2, 0.25) is 0 Å². The molecule has 1 aromatic heterocycles. The fourth-order valence-corrected chi connectivity index (χ4v) is 3.04. The van der Waals surface area contributed by atoms with Crippen LogP contribution in [0.2, 0.25) is 0 Å². The van der Waals surface area contributed by atoms with Crippen molar-refractivity contribution in [3.63, 3.8) is 0 Å². The normalized spacial score (nSPS) is 11.7. The molecule has 0 aliphatic carbocycles. The van der Waals surface area contributed by atoms with Crippen LogP contribution < -0.4 is 21.4 Å². The average Bonchev–Trinajstić information content (AvgIpc) is 2.77. The van der Waals surface area contributed by atoms with Gasteiger partial charge >= 0.3 is 23.8 Å². The second-order valence-electron chi connectivity index (χ2n) is 7.25. The van der Waals surface area contributed by atoms with Crippen LogP contribution in [0.25, 0.3) is 10.9 Å². The highest BCUT2D eigenvalue weighted by atomic mass is 16.6. The third-order valence-electron chi connectivity index (χ3n) is 4.76. The maximum Gasteiger partial charge on any atom is 0.407 e. The molecule has 0 aliphatic rings. The number of nitrogens with one attached hydrogen (secondary N) is 1. The molecule has 0 saturated heterocycles. The molecule has 2 aromatic carbocycles. The van der Waals surface area contributed by atoms with Crippen LogP contribution in [-0.4, -0.2) is 29.6 Å². The Bertz CT molecular complexity index is 1130. The minimum Gasteiger partial charge on any atom is -0.445 e. The number of carbonyl (C=O) groups excluding carboxylic acids is 2. The summed E-state index contributed by atoms with van der Waals surface area (Å²) in [5.74, 6) is -0.747. The summed E-state index contributed by atoms with van der Waals surface area (Å²) >= 11 is 0. The van der Waals surface area contributed by atoms with Gasteiger partial charge in [0.25, 0.3) is 0 Å². The molecule has 3 rings (SSSR count). The molecule has 0 spiro atoms. The van der Waals surface area contributed by atoms with Gasteiger partial charge < -0.3 is 24.9 Å². The van der Waals surface area contributed by atoms with Gasteiger partial charge in [-0.25, -0.2) is 14.4 Å². The summed E-state index contributed by atoms with van der Waals surface area (Å²) in [5.41, 5.74) is 7.23. The molecule has 0 bridgehead atoms. The number of benzene rings is 2. The van der Waals surface area contributed by atoms with Crippen molar-refractivity contribution >= 4 is 23.0 Å². The Morgan fingerprint density at radius 2 is 1.91 bits per heavy atom. The van der Waals surface area contributed by atoms with Gasteiger partial charge in [-0.05, 0) is 43.4 Å². The molecule has 1 atom stereocenters. The molecular formula is C23H25N3O6. The van der Waals surface area contributed by atoms with Gasteiger partial charge in [0.05, 0.1) is 10.9 Å². The fraction of sp³-hybridized carbons (Fsp3) is 0.304. The summed E-state index contributed by atoms with van der Waals surface area (Å²) in [6.07, 6.45) is 0.561. The zero-order valence-corrected chi connectivity index (χ0v) is 17.7. The Morgan fingerprint density at radius 1 is 1.12 bits per heavy atom. The van der Waals surface area contributed by atoms with E-state index in [0.717, 1.165) is 11.1 Å². The second kappa shape index (κ2) is 11.1. The Morgan fingerprint density at radius 3 is 2.69 bits per heavy atom. The van der Waals surface area contributed by atoms with Crippen molar-refractivity contribution in [2.75, 3.05) is 6.54 Å². The Labute approximate surface area is 184 Å². The first-order chi connectivity index (χ1) is 15.4. The van der Waals surface area contributed by atoms with Crippen molar-refractivity contribution in [3.05, 3.63) is 70.1 Å². The van der Waals surface area contributed by atoms with Crippen LogP contribution in [0.1, 0.15) is 30.4 Å². The molecular weight excluding hydrogens is 414 g/mol. The van der Waals surface area contributed by atoms with Gasteiger partial charge in [-0.15, -0.1) is 0 Å². The Kier molecular flexibility index (Phi) is 7.93. The van der Waals surface area contributed by atoms with E-state index in [1.165, 1.54) is 0 Å². The van der Waals surface area contributed by atoms with Crippen LogP contribution in [-0.2, 0) is 16.1 Å². The number of amides is 1. The van der Waals surface area contributed by atoms with Gasteiger partial charge in [0.15, 0.2) is 0 Å². The van der Waals surface area contributed by atoms with Gasteiger partial charge in [0.1, 0.15) is 12.6 Å². The van der Waals surface area contributed by atoms with E-state index in [9.17, 15) is 14.4 Å². The number of unbranched alkanes of at least 4 members (excludes halogenated alkanes) is 1. The van der Waals surface area contributed by atoms with Crippen molar-refractivity contribution in [2.45, 2.75) is 38.8 Å². The number of aromatic nitrogens is 1. The highest BCUT2D eigenvalue weighted by molar-refractivity contribution is 5.81. The summed E-state index contributed by atoms with van der Waals surface area (Å²) in [4.78, 5) is 40.1. The van der Waals surface area contributed by atoms with Gasteiger partial charge in [-0.1, -0.05) is 42.5 Å². The van der Waals surface area contributed by atoms with Crippen LogP contribution in [0, 0.1) is 6.92 Å². The lowest BCUT2D eigenvalue weighted by Gasteiger charge is -2.10. The van der Waals surface area contributed by atoms with Crippen molar-refractivity contribution in [2.24, 2.45) is 5.73 Å². The Balaban J connectivity index is 1.37. The van der Waals surface area contributed by atoms with Crippen LogP contribution in [0.4, 0.5) is 4.79 Å². The highest BCUT2D eigenvalue weighted by Crippen LogP contribution is 2.16. The number of carbonyl (C=O) groups is 2. The number of hydrogen-bond donors (Lipinski definition) is 2. The lowest BCUT2D eigenvalue weighted by atomic mass is 10.1. The van der Waals surface area contributed by atoms with Crippen molar-refractivity contribution in [3.8, 4) is 6.08 Å². The molecule has 0 unspecified atom stereocenters. The lowest BCUT2D eigenvalue weighted by Crippen LogP contribution is -2.34. The molecule has 9 nitrogen and oxygen atoms in total. The van der Waals surface area contributed by atoms with E-state index in [4.69, 9.17) is 19.6 Å². The number of nitrogens with two attached hydrogens (primary N) is 1. The van der Waals surface area contributed by atoms with E-state index in [1.807, 2.05) is 30.3 Å². The number of nitrogens with zero attached hydrogens (tertiary/aromatic N) is 1. The summed E-state index contributed by atoms with van der Waals surface area (Å²) in [7, 11) is 0. The average molecular weight is 439 g/mol. The maximum absolute atomic E-state index is 12.2. The molecule has 32 heavy (non-hydrogen) atoms. The van der Waals surface area contributed by atoms with E-state index in [0.29, 0.717) is 36.7 Å². The van der Waals surface area contributed by atoms with Gasteiger partial charge in [0, 0.05) is 6.54 Å². The number of hydrogen-bond acceptors (Lipinski definition) is 8. The molecule has 0 aliphatic heterocycles. The third-order valence-corrected chi connectivity index (χ3v) is 4.76. The van der Waals surface area contributed by atoms with E-state index in [1.54, 1.807) is 25.1 Å². The molecule has 3 N–H and O–H groups in total. The third kappa shape index (κ3) is 6.39. The number of alkyl carbamates (subject to hydrolysis) is 1. The molecule has 1 heterocycles. The minimum atomic E-state index is -0.916. The molecule has 9 heteroatoms. The van der Waals surface area contributed by atoms with E-state index >= 15 is 0 Å². The quantitative estimate of drug-likeness (QED) is 0.384. The van der Waals surface area contributed by atoms with Crippen LogP contribution in [0.5, 0.6) is 6.08 Å². The maximum atomic E-state index is 12.2. The summed E-state index contributed by atoms with van der Waals surface area (Å²) in [5, 5.41) is 2.98. The number of aryl methyl sites for hydroxylation is 1. The fourth-order valence-electron chi connectivity index (χ4n) is 3.04. The van der Waals surface area contributed by atoms with E-state index in [2.05, 4.69) is 10.3 Å². The predicted octanol–water partition coefficient (Wildman–Crippen LogP) is 2.83. The molecule has 0 saturated carbocycles. The number of fused-ring (bicyclic) bond motifs is 1. The SMILES string of the molecule is Cc1cccc2nc(OC(=O)[C@@H](N)CCCCNC(=O)OCc3ccccc3)oc(=O)c12. The van der Waals surface area contributed by atoms with Gasteiger partial charge in [-0.2, -0.15) is 4.98 Å². The Hall–Kier alpha value is -3.72. The first kappa shape index (κ1) is 23.0. The van der Waals surface area contributed by atoms with Crippen molar-refractivity contribution in [1.82, 2.24) is 10.3 Å². The predicted molar refractivity (Wildman–Crippen MR) is 117 cm³/mol. The monoisotopic (exact) mass is 439 g/mol. The zero-order chi connectivity index (χ0) is 22.9. The van der Waals surface area contributed by atoms with Crippen molar-refractivity contribution < 1.29 is 23.5 Å². The van der Waals surface area contributed by atoms with Crippen LogP contribution in [0.15, 0.2) is 57.7 Å². The van der Waals surface area contributed by atoms with Crippen molar-refractivity contribution in [1.29, 1.82) is 0 Å². The first-order valence-corrected chi connectivity index (χ1v) is 10.3. The highest BCUT2D eigenvalue weighted by Gasteiger charge is 2.19. The zero-order valence-electron chi connectivity index (χ0n) is 17.7. The lowest BCUT2D eigenvalue weighted by molar-refractivity contribution is -0.137. The minimum absolute atomic E-state index is 0.196. The van der Waals surface area contributed by atoms with Gasteiger partial charge in [-0.3, -0.25) is 0 Å². The van der Waals surface area contributed by atoms with Crippen LogP contribution in [0.3, 0.4) is 0 Å². The number of rotatable bonds is 9. The standard InChI is InChI=1S/C23H25N3O6/c1-15-8-7-12-18-19(15)21(28)32-23(26-18)31-20(27)17(24)11-5-6-13-25-22(29)30-14-16-9-3-2-4-10-16/h2-4,7-10,12,17H,5-6,11,13-14,24H2,1H3,(H,25,29)/t17-/m0/s1. The molecule has 0 radical (unpaired) electrons. The van der Waals surface area contributed by atoms with E-state index < -0.39 is 29.8 Å². The van der Waals surface area contributed by atoms with Crippen LogP contribution >= 0.6 is 0 Å². The largest absolute Gasteiger partial charge is 0.445 e. The smallest absolute Gasteiger partial charge is 0.407 e. The number of ether oxygens (including phenoxy) is 2. The molecule has 1 amide bonds. The summed E-state index contributed by atoms with van der Waals surface area (Å²) < 4.78 is 15.1. The molecule has 3 aromatic rings. The second-order valence-corrected chi connectivity index (χ2v) is 7.25. The summed E-state index contributed by atoms with van der Waals surface area (Å²) in [6.45, 7) is 2.35. The topological polar surface area (TPSA) is 134 Å². The number of esters is 1. The molecule has 0 fully saturated rings. The summed E-state index contributed by atoms with van der Waals surface area (Å²) in [6, 6.07) is 13.6. The molecule has 168 valence electrons.